The highest BCUT2D eigenvalue weighted by Gasteiger charge is 1.77. The number of alkyl halides is 2. The van der Waals surface area contributed by atoms with Crippen LogP contribution in [-0.4, -0.2) is 13.9 Å². The van der Waals surface area contributed by atoms with Crippen molar-refractivity contribution in [2.45, 2.75) is 34.1 Å². The molecule has 0 rings (SSSR count). The molecule has 0 unspecified atom stereocenters. The number of rotatable bonds is 3. The molecule has 0 saturated carbocycles. The number of hydrogen-bond donors (Lipinski definition) is 0. The topological polar surface area (TPSA) is 0 Å². The van der Waals surface area contributed by atoms with Gasteiger partial charge in [0.25, 0.3) is 0 Å². The van der Waals surface area contributed by atoms with Crippen molar-refractivity contribution in [3.05, 3.63) is 23.8 Å². The van der Waals surface area contributed by atoms with E-state index in [0.29, 0.717) is 7.18 Å². The summed E-state index contributed by atoms with van der Waals surface area (Å²) in [5, 5.41) is 0. The van der Waals surface area contributed by atoms with Crippen molar-refractivity contribution in [2.75, 3.05) is 13.9 Å². The highest BCUT2D eigenvalue weighted by atomic mass is 19.1. The van der Waals surface area contributed by atoms with Crippen LogP contribution in [0.2, 0.25) is 0 Å². The molecule has 0 aromatic rings. The van der Waals surface area contributed by atoms with Crippen LogP contribution in [0.1, 0.15) is 34.1 Å². The third kappa shape index (κ3) is 24.6. The van der Waals surface area contributed by atoms with Gasteiger partial charge < -0.3 is 0 Å². The van der Waals surface area contributed by atoms with Crippen LogP contribution in [0.5, 0.6) is 0 Å². The Bertz CT molecular complexity index is 115. The van der Waals surface area contributed by atoms with Gasteiger partial charge in [-0.05, 0) is 13.3 Å². The van der Waals surface area contributed by atoms with Gasteiger partial charge in [0.15, 0.2) is 0 Å². The molecule has 0 aromatic carbocycles. The molecule has 80 valence electrons. The molecule has 2 heteroatoms. The molecule has 0 aliphatic rings. The van der Waals surface area contributed by atoms with E-state index in [-0.39, 0.29) is 6.67 Å². The number of allylic oxidation sites excluding steroid dienone is 4. The first kappa shape index (κ1) is 18.2. The van der Waals surface area contributed by atoms with Crippen LogP contribution < -0.4 is 0 Å². The van der Waals surface area contributed by atoms with Crippen molar-refractivity contribution >= 4 is 0 Å². The predicted octanol–water partition coefficient (Wildman–Crippen LogP) is 4.48. The van der Waals surface area contributed by atoms with Crippen LogP contribution in [-0.2, 0) is 0 Å². The molecule has 0 amide bonds. The van der Waals surface area contributed by atoms with Crippen LogP contribution in [0.4, 0.5) is 8.78 Å². The zero-order chi connectivity index (χ0) is 11.1. The maximum Gasteiger partial charge on any atom is 0.108 e. The summed E-state index contributed by atoms with van der Waals surface area (Å²) in [4.78, 5) is 0. The van der Waals surface area contributed by atoms with Crippen LogP contribution in [0.25, 0.3) is 0 Å². The van der Waals surface area contributed by atoms with Gasteiger partial charge in [-0.3, -0.25) is 4.39 Å². The fourth-order valence-electron chi connectivity index (χ4n) is 0.493. The molecule has 0 fully saturated rings. The van der Waals surface area contributed by atoms with Gasteiger partial charge in [-0.1, -0.05) is 44.6 Å². The Kier molecular flexibility index (Phi) is 31.5. The quantitative estimate of drug-likeness (QED) is 0.578. The number of halogens is 2. The van der Waals surface area contributed by atoms with E-state index in [1.165, 1.54) is 0 Å². The molecular weight excluding hydrogens is 170 g/mol. The Morgan fingerprint density at radius 3 is 2.00 bits per heavy atom. The maximum atomic E-state index is 11.6. The predicted molar refractivity (Wildman–Crippen MR) is 57.5 cm³/mol. The van der Waals surface area contributed by atoms with Gasteiger partial charge in [0, 0.05) is 0 Å². The van der Waals surface area contributed by atoms with E-state index in [0.717, 1.165) is 12.0 Å². The highest BCUT2D eigenvalue weighted by molar-refractivity contribution is 5.15. The van der Waals surface area contributed by atoms with E-state index >= 15 is 0 Å². The molecule has 0 heterocycles. The summed E-state index contributed by atoms with van der Waals surface area (Å²) in [6.45, 7) is 7.59. The van der Waals surface area contributed by atoms with Gasteiger partial charge >= 0.3 is 0 Å². The van der Waals surface area contributed by atoms with E-state index in [1.807, 2.05) is 32.9 Å². The van der Waals surface area contributed by atoms with Crippen molar-refractivity contribution in [1.29, 1.82) is 0 Å². The van der Waals surface area contributed by atoms with Crippen LogP contribution >= 0.6 is 0 Å². The molecule has 0 nitrogen and oxygen atoms in total. The molecule has 0 aromatic heterocycles. The second kappa shape index (κ2) is 22.5. The second-order valence-electron chi connectivity index (χ2n) is 1.91. The lowest BCUT2D eigenvalue weighted by Gasteiger charge is -1.85. The molecule has 0 aliphatic heterocycles. The lowest BCUT2D eigenvalue weighted by atomic mass is 10.2. The number of hydrogen-bond acceptors (Lipinski definition) is 0. The normalized spacial score (nSPS) is 9.92. The van der Waals surface area contributed by atoms with Gasteiger partial charge in [-0.25, -0.2) is 4.39 Å². The molecule has 0 saturated heterocycles. The first-order chi connectivity index (χ1) is 6.31. The Labute approximate surface area is 81.4 Å². The zero-order valence-electron chi connectivity index (χ0n) is 9.40. The minimum atomic E-state index is -0.361. The minimum Gasteiger partial charge on any atom is -0.255 e. The van der Waals surface area contributed by atoms with E-state index in [4.69, 9.17) is 0 Å². The first-order valence-electron chi connectivity index (χ1n) is 4.58. The van der Waals surface area contributed by atoms with Gasteiger partial charge in [0.05, 0.1) is 7.18 Å². The lowest BCUT2D eigenvalue weighted by Crippen LogP contribution is -1.69. The van der Waals surface area contributed by atoms with E-state index in [2.05, 4.69) is 6.92 Å². The zero-order valence-corrected chi connectivity index (χ0v) is 9.40. The summed E-state index contributed by atoms with van der Waals surface area (Å²) in [6.07, 6.45) is 6.52. The average Bonchev–Trinajstić information content (AvgIpc) is 2.21. The summed E-state index contributed by atoms with van der Waals surface area (Å²) in [6, 6.07) is 0. The average molecular weight is 192 g/mol. The van der Waals surface area contributed by atoms with Crippen LogP contribution in [0.15, 0.2) is 23.8 Å². The van der Waals surface area contributed by atoms with Crippen molar-refractivity contribution in [1.82, 2.24) is 0 Å². The summed E-state index contributed by atoms with van der Waals surface area (Å²) in [5.74, 6) is 0. The fraction of sp³-hybridized carbons (Fsp3) is 0.636. The van der Waals surface area contributed by atoms with Crippen molar-refractivity contribution < 1.29 is 8.78 Å². The Balaban J connectivity index is -0.000000218. The van der Waals surface area contributed by atoms with Gasteiger partial charge in [-0.2, -0.15) is 0 Å². The second-order valence-corrected chi connectivity index (χ2v) is 1.91. The molecule has 0 radical (unpaired) electrons. The summed E-state index contributed by atoms with van der Waals surface area (Å²) in [7, 11) is 0.500. The van der Waals surface area contributed by atoms with Crippen LogP contribution in [0, 0.1) is 0 Å². The van der Waals surface area contributed by atoms with Crippen molar-refractivity contribution in [3.8, 4) is 0 Å². The van der Waals surface area contributed by atoms with Gasteiger partial charge in [0.2, 0.25) is 0 Å². The molecule has 0 aliphatic carbocycles. The van der Waals surface area contributed by atoms with Gasteiger partial charge in [-0.15, -0.1) is 0 Å². The van der Waals surface area contributed by atoms with E-state index < -0.39 is 0 Å². The molecule has 0 N–H and O–H groups in total. The Morgan fingerprint density at radius 2 is 1.69 bits per heavy atom. The molecule has 13 heavy (non-hydrogen) atoms. The Morgan fingerprint density at radius 1 is 1.23 bits per heavy atom. The maximum absolute atomic E-state index is 11.6. The van der Waals surface area contributed by atoms with Gasteiger partial charge in [0.1, 0.15) is 6.67 Å². The monoisotopic (exact) mass is 192 g/mol. The van der Waals surface area contributed by atoms with E-state index in [1.54, 1.807) is 6.08 Å². The van der Waals surface area contributed by atoms with Crippen molar-refractivity contribution in [2.24, 2.45) is 0 Å². The first-order valence-corrected chi connectivity index (χ1v) is 4.58. The smallest absolute Gasteiger partial charge is 0.108 e. The van der Waals surface area contributed by atoms with Crippen LogP contribution in [0.3, 0.4) is 0 Å². The molecule has 0 spiro atoms. The molecule has 0 bridgehead atoms. The summed E-state index contributed by atoms with van der Waals surface area (Å²) < 4.78 is 21.1. The Hall–Kier alpha value is -0.660. The molecular formula is C11H22F2. The van der Waals surface area contributed by atoms with Crippen molar-refractivity contribution in [3.63, 3.8) is 0 Å². The summed E-state index contributed by atoms with van der Waals surface area (Å²) in [5.41, 5.74) is 0.999. The largest absolute Gasteiger partial charge is 0.255 e. The highest BCUT2D eigenvalue weighted by Crippen LogP contribution is 1.95. The SMILES string of the molecule is CC.CC/C=C\C(C)=C/CF.CF. The summed E-state index contributed by atoms with van der Waals surface area (Å²) >= 11 is 0. The minimum absolute atomic E-state index is 0.361. The third-order valence-electron chi connectivity index (χ3n) is 1.02. The lowest BCUT2D eigenvalue weighted by molar-refractivity contribution is 0.560. The molecule has 0 atom stereocenters. The van der Waals surface area contributed by atoms with E-state index in [9.17, 15) is 8.78 Å². The fourth-order valence-corrected chi connectivity index (χ4v) is 0.493. The standard InChI is InChI=1S/C8H13F.C2H6.CH3F/c1-3-4-5-8(2)6-7-9;2*1-2/h4-6H,3,7H2,1-2H3;1-2H3;1H3/b5-4-,8-6-;;. The third-order valence-corrected chi connectivity index (χ3v) is 1.02.